The summed E-state index contributed by atoms with van der Waals surface area (Å²) in [5, 5.41) is 5.28. The van der Waals surface area contributed by atoms with Gasteiger partial charge in [0.05, 0.1) is 0 Å². The van der Waals surface area contributed by atoms with E-state index >= 15 is 0 Å². The zero-order chi connectivity index (χ0) is 14.8. The number of nitrogens with zero attached hydrogens (tertiary/aromatic N) is 2. The molecule has 2 rings (SSSR count). The first kappa shape index (κ1) is 15.3. The number of aromatic nitrogens is 1. The molecule has 1 aromatic heterocycles. The summed E-state index contributed by atoms with van der Waals surface area (Å²) >= 11 is 0. The molecule has 1 fully saturated rings. The molecule has 1 aromatic rings. The number of nitrogens with two attached hydrogens (primary N) is 1. The van der Waals surface area contributed by atoms with Crippen LogP contribution in [0.3, 0.4) is 0 Å². The summed E-state index contributed by atoms with van der Waals surface area (Å²) in [5.74, 6) is 1.81. The van der Waals surface area contributed by atoms with Crippen LogP contribution in [0.2, 0.25) is 0 Å². The Morgan fingerprint density at radius 3 is 2.75 bits per heavy atom. The van der Waals surface area contributed by atoms with Crippen LogP contribution in [-0.2, 0) is 10.0 Å². The Kier molecular flexibility index (Phi) is 4.65. The van der Waals surface area contributed by atoms with E-state index in [-0.39, 0.29) is 4.90 Å². The van der Waals surface area contributed by atoms with Crippen molar-refractivity contribution in [2.24, 2.45) is 17.0 Å². The summed E-state index contributed by atoms with van der Waals surface area (Å²) in [6.45, 7) is 6.15. The molecule has 0 aliphatic carbocycles. The summed E-state index contributed by atoms with van der Waals surface area (Å²) in [6.07, 6.45) is 5.04. The predicted octanol–water partition coefficient (Wildman–Crippen LogP) is 1.99. The molecule has 1 aliphatic heterocycles. The quantitative estimate of drug-likeness (QED) is 0.901. The minimum atomic E-state index is -3.72. The average Bonchev–Trinajstić information content (AvgIpc) is 2.89. The standard InChI is InChI=1S/C14H23N3O2S/c1-3-11(4-2)12-7-9-17(10-12)14-13(20(15,18)19)6-5-8-16-14/h5-6,8,11-12H,3-4,7,9-10H2,1-2H3,(H2,15,18,19). The van der Waals surface area contributed by atoms with Crippen molar-refractivity contribution in [3.05, 3.63) is 18.3 Å². The van der Waals surface area contributed by atoms with Crippen molar-refractivity contribution in [1.29, 1.82) is 0 Å². The molecule has 1 aliphatic rings. The van der Waals surface area contributed by atoms with Crippen LogP contribution in [0.4, 0.5) is 5.82 Å². The monoisotopic (exact) mass is 297 g/mol. The lowest BCUT2D eigenvalue weighted by Crippen LogP contribution is -2.26. The van der Waals surface area contributed by atoms with Gasteiger partial charge in [0.15, 0.2) is 0 Å². The zero-order valence-electron chi connectivity index (χ0n) is 12.1. The van der Waals surface area contributed by atoms with E-state index in [1.165, 1.54) is 18.9 Å². The van der Waals surface area contributed by atoms with E-state index in [4.69, 9.17) is 5.14 Å². The summed E-state index contributed by atoms with van der Waals surface area (Å²) in [6, 6.07) is 3.14. The van der Waals surface area contributed by atoms with Gasteiger partial charge in [-0.3, -0.25) is 0 Å². The lowest BCUT2D eigenvalue weighted by atomic mass is 9.87. The molecule has 1 atom stereocenters. The Balaban J connectivity index is 2.23. The van der Waals surface area contributed by atoms with E-state index in [9.17, 15) is 8.42 Å². The molecule has 1 unspecified atom stereocenters. The first-order valence-corrected chi connectivity index (χ1v) is 8.74. The fourth-order valence-corrected chi connectivity index (χ4v) is 3.87. The van der Waals surface area contributed by atoms with Crippen LogP contribution in [0, 0.1) is 11.8 Å². The Morgan fingerprint density at radius 1 is 1.45 bits per heavy atom. The second-order valence-electron chi connectivity index (χ2n) is 5.44. The number of rotatable bonds is 5. The van der Waals surface area contributed by atoms with Crippen molar-refractivity contribution >= 4 is 15.8 Å². The molecule has 6 heteroatoms. The van der Waals surface area contributed by atoms with Gasteiger partial charge in [0.1, 0.15) is 10.7 Å². The minimum absolute atomic E-state index is 0.130. The summed E-state index contributed by atoms with van der Waals surface area (Å²) < 4.78 is 23.3. The van der Waals surface area contributed by atoms with Gasteiger partial charge in [-0.15, -0.1) is 0 Å². The fourth-order valence-electron chi connectivity index (χ4n) is 3.16. The zero-order valence-corrected chi connectivity index (χ0v) is 12.9. The van der Waals surface area contributed by atoms with Gasteiger partial charge in [0.25, 0.3) is 0 Å². The van der Waals surface area contributed by atoms with E-state index in [0.717, 1.165) is 19.5 Å². The highest BCUT2D eigenvalue weighted by Gasteiger charge is 2.30. The van der Waals surface area contributed by atoms with Crippen molar-refractivity contribution in [3.8, 4) is 0 Å². The van der Waals surface area contributed by atoms with Gasteiger partial charge in [-0.1, -0.05) is 26.7 Å². The third kappa shape index (κ3) is 3.12. The Hall–Kier alpha value is -1.14. The molecule has 0 amide bonds. The van der Waals surface area contributed by atoms with Gasteiger partial charge in [0, 0.05) is 19.3 Å². The van der Waals surface area contributed by atoms with Gasteiger partial charge >= 0.3 is 0 Å². The molecule has 20 heavy (non-hydrogen) atoms. The van der Waals surface area contributed by atoms with Crippen molar-refractivity contribution in [1.82, 2.24) is 4.98 Å². The predicted molar refractivity (Wildman–Crippen MR) is 80.0 cm³/mol. The van der Waals surface area contributed by atoms with Gasteiger partial charge in [0.2, 0.25) is 10.0 Å². The number of pyridine rings is 1. The number of primary sulfonamides is 1. The molecule has 0 bridgehead atoms. The van der Waals surface area contributed by atoms with E-state index in [1.807, 2.05) is 0 Å². The molecule has 0 spiro atoms. The highest BCUT2D eigenvalue weighted by Crippen LogP contribution is 2.32. The highest BCUT2D eigenvalue weighted by molar-refractivity contribution is 7.89. The molecule has 5 nitrogen and oxygen atoms in total. The van der Waals surface area contributed by atoms with Gasteiger partial charge in [-0.2, -0.15) is 0 Å². The smallest absolute Gasteiger partial charge is 0.241 e. The Bertz CT molecular complexity index is 555. The molecule has 0 radical (unpaired) electrons. The maximum absolute atomic E-state index is 11.6. The molecule has 0 saturated carbocycles. The van der Waals surface area contributed by atoms with Crippen LogP contribution >= 0.6 is 0 Å². The maximum Gasteiger partial charge on any atom is 0.241 e. The fraction of sp³-hybridized carbons (Fsp3) is 0.643. The molecular weight excluding hydrogens is 274 g/mol. The second-order valence-corrected chi connectivity index (χ2v) is 6.97. The van der Waals surface area contributed by atoms with Crippen molar-refractivity contribution in [2.45, 2.75) is 38.0 Å². The number of sulfonamides is 1. The Morgan fingerprint density at radius 2 is 2.15 bits per heavy atom. The lowest BCUT2D eigenvalue weighted by Gasteiger charge is -2.23. The normalized spacial score (nSPS) is 19.8. The van der Waals surface area contributed by atoms with Crippen molar-refractivity contribution in [2.75, 3.05) is 18.0 Å². The second kappa shape index (κ2) is 6.10. The average molecular weight is 297 g/mol. The summed E-state index contributed by atoms with van der Waals surface area (Å²) in [4.78, 5) is 6.43. The van der Waals surface area contributed by atoms with Crippen LogP contribution in [0.15, 0.2) is 23.2 Å². The molecule has 2 heterocycles. The van der Waals surface area contributed by atoms with Crippen LogP contribution in [0.5, 0.6) is 0 Å². The van der Waals surface area contributed by atoms with Crippen LogP contribution in [-0.4, -0.2) is 26.5 Å². The SMILES string of the molecule is CCC(CC)C1CCN(c2ncccc2S(N)(=O)=O)C1. The molecular formula is C14H23N3O2S. The van der Waals surface area contributed by atoms with Gasteiger partial charge in [-0.05, 0) is 30.4 Å². The molecule has 1 saturated heterocycles. The number of anilines is 1. The van der Waals surface area contributed by atoms with Crippen LogP contribution < -0.4 is 10.0 Å². The number of hydrogen-bond acceptors (Lipinski definition) is 4. The van der Waals surface area contributed by atoms with Crippen LogP contribution in [0.1, 0.15) is 33.1 Å². The largest absolute Gasteiger partial charge is 0.355 e. The first-order chi connectivity index (χ1) is 9.47. The van der Waals surface area contributed by atoms with E-state index in [1.54, 1.807) is 12.3 Å². The van der Waals surface area contributed by atoms with Gasteiger partial charge < -0.3 is 4.90 Å². The highest BCUT2D eigenvalue weighted by atomic mass is 32.2. The van der Waals surface area contributed by atoms with E-state index < -0.39 is 10.0 Å². The van der Waals surface area contributed by atoms with E-state index in [0.29, 0.717) is 17.7 Å². The number of hydrogen-bond donors (Lipinski definition) is 1. The summed E-state index contributed by atoms with van der Waals surface area (Å²) in [5.41, 5.74) is 0. The molecule has 2 N–H and O–H groups in total. The van der Waals surface area contributed by atoms with Crippen molar-refractivity contribution < 1.29 is 8.42 Å². The summed E-state index contributed by atoms with van der Waals surface area (Å²) in [7, 11) is -3.72. The molecule has 112 valence electrons. The topological polar surface area (TPSA) is 76.3 Å². The third-order valence-corrected chi connectivity index (χ3v) is 5.23. The van der Waals surface area contributed by atoms with E-state index in [2.05, 4.69) is 23.7 Å². The van der Waals surface area contributed by atoms with Gasteiger partial charge in [-0.25, -0.2) is 18.5 Å². The maximum atomic E-state index is 11.6. The van der Waals surface area contributed by atoms with Crippen molar-refractivity contribution in [3.63, 3.8) is 0 Å². The first-order valence-electron chi connectivity index (χ1n) is 7.20. The third-order valence-electron chi connectivity index (χ3n) is 4.30. The lowest BCUT2D eigenvalue weighted by molar-refractivity contribution is 0.339. The Labute approximate surface area is 121 Å². The molecule has 0 aromatic carbocycles. The minimum Gasteiger partial charge on any atom is -0.355 e. The van der Waals surface area contributed by atoms with Crippen LogP contribution in [0.25, 0.3) is 0 Å².